The summed E-state index contributed by atoms with van der Waals surface area (Å²) in [6, 6.07) is 10.3. The van der Waals surface area contributed by atoms with E-state index < -0.39 is 21.0 Å². The van der Waals surface area contributed by atoms with Crippen LogP contribution < -0.4 is 4.90 Å². The Morgan fingerprint density at radius 2 is 1.77 bits per heavy atom. The summed E-state index contributed by atoms with van der Waals surface area (Å²) in [5, 5.41) is 10.8. The topological polar surface area (TPSA) is 110 Å². The fourth-order valence-electron chi connectivity index (χ4n) is 3.79. The monoisotopic (exact) mass is 495 g/mol. The molecule has 1 saturated heterocycles. The van der Waals surface area contributed by atoms with E-state index in [0.29, 0.717) is 12.8 Å². The lowest BCUT2D eigenvalue weighted by atomic mass is 10.0. The van der Waals surface area contributed by atoms with Gasteiger partial charge in [0.1, 0.15) is 6.61 Å². The molecule has 0 saturated carbocycles. The molecule has 11 heteroatoms. The van der Waals surface area contributed by atoms with Gasteiger partial charge in [-0.15, -0.1) is 0 Å². The van der Waals surface area contributed by atoms with Crippen molar-refractivity contribution >= 4 is 43.4 Å². The number of fused-ring (bicyclic) bond motifs is 1. The summed E-state index contributed by atoms with van der Waals surface area (Å²) in [4.78, 5) is 24.3. The average Bonchev–Trinajstić information content (AvgIpc) is 2.74. The number of nitrogens with zero attached hydrogens (tertiary/aromatic N) is 3. The first-order valence-electron chi connectivity index (χ1n) is 9.26. The highest BCUT2D eigenvalue weighted by atomic mass is 79.9. The lowest BCUT2D eigenvalue weighted by molar-refractivity contribution is -0.384. The van der Waals surface area contributed by atoms with E-state index in [1.165, 1.54) is 28.6 Å². The van der Waals surface area contributed by atoms with Crippen LogP contribution in [0.2, 0.25) is 0 Å². The van der Waals surface area contributed by atoms with Crippen molar-refractivity contribution in [2.24, 2.45) is 0 Å². The molecule has 2 aliphatic rings. The van der Waals surface area contributed by atoms with Gasteiger partial charge in [0.2, 0.25) is 10.0 Å². The molecule has 1 fully saturated rings. The van der Waals surface area contributed by atoms with E-state index in [-0.39, 0.29) is 36.3 Å². The Bertz CT molecular complexity index is 1100. The molecular weight excluding hydrogens is 478 g/mol. The van der Waals surface area contributed by atoms with Gasteiger partial charge in [0, 0.05) is 41.3 Å². The van der Waals surface area contributed by atoms with Gasteiger partial charge in [-0.1, -0.05) is 15.9 Å². The van der Waals surface area contributed by atoms with Gasteiger partial charge < -0.3 is 4.74 Å². The number of cyclic esters (lactones) is 1. The van der Waals surface area contributed by atoms with Gasteiger partial charge in [-0.3, -0.25) is 15.0 Å². The Balaban J connectivity index is 1.50. The fourth-order valence-corrected chi connectivity index (χ4v) is 5.67. The number of ether oxygens (including phenoxy) is 1. The van der Waals surface area contributed by atoms with Crippen molar-refractivity contribution in [2.45, 2.75) is 30.4 Å². The number of anilines is 1. The van der Waals surface area contributed by atoms with E-state index in [1.807, 2.05) is 18.2 Å². The van der Waals surface area contributed by atoms with Gasteiger partial charge in [0.05, 0.1) is 15.5 Å². The lowest BCUT2D eigenvalue weighted by Crippen LogP contribution is -2.50. The number of halogens is 1. The molecule has 0 aliphatic carbocycles. The fraction of sp³-hybridized carbons (Fsp3) is 0.316. The standard InChI is InChI=1S/C19H18BrN3O6S/c20-14-1-6-18-13(11-14)12-29-19(24)22(18)15-7-9-21(10-8-15)30(27,28)17-4-2-16(3-5-17)23(25)26/h1-6,11,15H,7-10,12H2. The third-order valence-corrected chi connectivity index (χ3v) is 7.73. The van der Waals surface area contributed by atoms with Crippen LogP contribution in [0.5, 0.6) is 0 Å². The van der Waals surface area contributed by atoms with Crippen LogP contribution in [0.15, 0.2) is 51.8 Å². The predicted molar refractivity (Wildman–Crippen MR) is 112 cm³/mol. The smallest absolute Gasteiger partial charge is 0.414 e. The largest absolute Gasteiger partial charge is 0.444 e. The molecule has 30 heavy (non-hydrogen) atoms. The zero-order chi connectivity index (χ0) is 21.5. The molecule has 0 unspecified atom stereocenters. The molecule has 1 amide bonds. The molecule has 4 rings (SSSR count). The molecule has 0 spiro atoms. The number of hydrogen-bond donors (Lipinski definition) is 0. The summed E-state index contributed by atoms with van der Waals surface area (Å²) in [6.45, 7) is 0.677. The Morgan fingerprint density at radius 1 is 1.10 bits per heavy atom. The number of benzene rings is 2. The molecule has 2 aliphatic heterocycles. The third-order valence-electron chi connectivity index (χ3n) is 5.32. The maximum Gasteiger partial charge on any atom is 0.414 e. The number of hydrogen-bond acceptors (Lipinski definition) is 6. The minimum atomic E-state index is -3.77. The van der Waals surface area contributed by atoms with Gasteiger partial charge in [-0.05, 0) is 43.2 Å². The van der Waals surface area contributed by atoms with Crippen molar-refractivity contribution in [2.75, 3.05) is 18.0 Å². The molecule has 0 atom stereocenters. The third kappa shape index (κ3) is 3.80. The summed E-state index contributed by atoms with van der Waals surface area (Å²) < 4.78 is 33.3. The van der Waals surface area contributed by atoms with Crippen LogP contribution in [0.1, 0.15) is 18.4 Å². The number of carbonyl (C=O) groups excluding carboxylic acids is 1. The summed E-state index contributed by atoms with van der Waals surface area (Å²) in [7, 11) is -3.77. The molecule has 0 aromatic heterocycles. The predicted octanol–water partition coefficient (Wildman–Crippen LogP) is 3.67. The summed E-state index contributed by atoms with van der Waals surface area (Å²) in [5.41, 5.74) is 1.51. The minimum absolute atomic E-state index is 0.0131. The molecule has 9 nitrogen and oxygen atoms in total. The van der Waals surface area contributed by atoms with Gasteiger partial charge in [0.25, 0.3) is 5.69 Å². The molecule has 0 N–H and O–H groups in total. The first kappa shape index (κ1) is 20.8. The van der Waals surface area contributed by atoms with Crippen molar-refractivity contribution in [3.8, 4) is 0 Å². The molecular formula is C19H18BrN3O6S. The maximum absolute atomic E-state index is 12.9. The van der Waals surface area contributed by atoms with Crippen molar-refractivity contribution in [3.63, 3.8) is 0 Å². The van der Waals surface area contributed by atoms with Crippen molar-refractivity contribution in [3.05, 3.63) is 62.6 Å². The van der Waals surface area contributed by atoms with Gasteiger partial charge >= 0.3 is 6.09 Å². The van der Waals surface area contributed by atoms with Crippen molar-refractivity contribution in [1.29, 1.82) is 0 Å². The van der Waals surface area contributed by atoms with Crippen LogP contribution in [0.4, 0.5) is 16.2 Å². The number of nitro benzene ring substituents is 1. The highest BCUT2D eigenvalue weighted by Crippen LogP contribution is 2.34. The van der Waals surface area contributed by atoms with E-state index in [2.05, 4.69) is 15.9 Å². The zero-order valence-electron chi connectivity index (χ0n) is 15.7. The Kier molecular flexibility index (Phi) is 5.51. The second-order valence-electron chi connectivity index (χ2n) is 7.08. The highest BCUT2D eigenvalue weighted by molar-refractivity contribution is 9.10. The minimum Gasteiger partial charge on any atom is -0.444 e. The average molecular weight is 496 g/mol. The molecule has 0 radical (unpaired) electrons. The van der Waals surface area contributed by atoms with Gasteiger partial charge in [-0.25, -0.2) is 13.2 Å². The van der Waals surface area contributed by atoms with Crippen LogP contribution in [0.3, 0.4) is 0 Å². The molecule has 0 bridgehead atoms. The quantitative estimate of drug-likeness (QED) is 0.472. The van der Waals surface area contributed by atoms with Crippen LogP contribution in [0, 0.1) is 10.1 Å². The Hall–Kier alpha value is -2.50. The van der Waals surface area contributed by atoms with Crippen LogP contribution in [-0.4, -0.2) is 42.9 Å². The van der Waals surface area contributed by atoms with Crippen molar-refractivity contribution in [1.82, 2.24) is 4.31 Å². The van der Waals surface area contributed by atoms with Crippen LogP contribution >= 0.6 is 15.9 Å². The first-order chi connectivity index (χ1) is 14.3. The van der Waals surface area contributed by atoms with E-state index in [1.54, 1.807) is 4.90 Å². The molecule has 2 aromatic rings. The summed E-state index contributed by atoms with van der Waals surface area (Å²) >= 11 is 3.42. The first-order valence-corrected chi connectivity index (χ1v) is 11.5. The summed E-state index contributed by atoms with van der Waals surface area (Å²) in [6.07, 6.45) is 0.481. The number of rotatable bonds is 4. The van der Waals surface area contributed by atoms with E-state index in [9.17, 15) is 23.3 Å². The van der Waals surface area contributed by atoms with Crippen molar-refractivity contribution < 1.29 is 22.9 Å². The Labute approximate surface area is 181 Å². The molecule has 2 heterocycles. The molecule has 2 aromatic carbocycles. The lowest BCUT2D eigenvalue weighted by Gasteiger charge is -2.39. The normalized spacial score (nSPS) is 18.0. The van der Waals surface area contributed by atoms with Gasteiger partial charge in [0.15, 0.2) is 0 Å². The van der Waals surface area contributed by atoms with Crippen LogP contribution in [0.25, 0.3) is 0 Å². The zero-order valence-corrected chi connectivity index (χ0v) is 18.1. The number of non-ortho nitro benzene ring substituents is 1. The van der Waals surface area contributed by atoms with E-state index >= 15 is 0 Å². The Morgan fingerprint density at radius 3 is 2.40 bits per heavy atom. The number of nitro groups is 1. The number of carbonyl (C=O) groups is 1. The second kappa shape index (κ2) is 7.97. The van der Waals surface area contributed by atoms with E-state index in [0.717, 1.165) is 15.7 Å². The number of piperidine rings is 1. The highest BCUT2D eigenvalue weighted by Gasteiger charge is 2.37. The SMILES string of the molecule is O=C1OCc2cc(Br)ccc2N1C1CCN(S(=O)(=O)c2ccc([N+](=O)[O-])cc2)CC1. The molecule has 158 valence electrons. The second-order valence-corrected chi connectivity index (χ2v) is 9.94. The number of amides is 1. The van der Waals surface area contributed by atoms with Crippen LogP contribution in [-0.2, 0) is 21.4 Å². The van der Waals surface area contributed by atoms with E-state index in [4.69, 9.17) is 4.74 Å². The maximum atomic E-state index is 12.9. The number of sulfonamides is 1. The summed E-state index contributed by atoms with van der Waals surface area (Å²) in [5.74, 6) is 0. The van der Waals surface area contributed by atoms with Gasteiger partial charge in [-0.2, -0.15) is 4.31 Å².